The molecule has 0 atom stereocenters. The summed E-state index contributed by atoms with van der Waals surface area (Å²) in [6.45, 7) is 1.85. The Morgan fingerprint density at radius 1 is 1.60 bits per heavy atom. The lowest BCUT2D eigenvalue weighted by atomic mass is 10.0. The molecule has 0 spiro atoms. The van der Waals surface area contributed by atoms with Crippen LogP contribution in [0.25, 0.3) is 0 Å². The van der Waals surface area contributed by atoms with Crippen molar-refractivity contribution in [3.8, 4) is 11.8 Å². The van der Waals surface area contributed by atoms with Crippen LogP contribution in [0, 0.1) is 11.3 Å². The minimum Gasteiger partial charge on any atom is -0.507 e. The molecular formula is C11H11NO3. The molecule has 1 N–H and O–H groups in total. The molecule has 0 amide bonds. The number of aromatic hydroxyl groups is 1. The summed E-state index contributed by atoms with van der Waals surface area (Å²) in [6, 6.07) is 4.97. The van der Waals surface area contributed by atoms with Crippen molar-refractivity contribution in [2.24, 2.45) is 0 Å². The lowest BCUT2D eigenvalue weighted by Gasteiger charge is -2.08. The maximum absolute atomic E-state index is 11.3. The van der Waals surface area contributed by atoms with E-state index in [1.165, 1.54) is 13.2 Å². The van der Waals surface area contributed by atoms with Crippen molar-refractivity contribution in [1.29, 1.82) is 5.26 Å². The molecule has 0 bridgehead atoms. The fraction of sp³-hybridized carbons (Fsp3) is 0.273. The van der Waals surface area contributed by atoms with Crippen LogP contribution in [0.2, 0.25) is 0 Å². The van der Waals surface area contributed by atoms with Crippen LogP contribution >= 0.6 is 0 Å². The number of ether oxygens (including phenoxy) is 1. The van der Waals surface area contributed by atoms with E-state index in [1.54, 1.807) is 6.07 Å². The third-order valence-corrected chi connectivity index (χ3v) is 2.15. The number of benzene rings is 1. The van der Waals surface area contributed by atoms with Gasteiger partial charge in [0.05, 0.1) is 12.7 Å². The Labute approximate surface area is 87.7 Å². The average Bonchev–Trinajstić information content (AvgIpc) is 2.27. The minimum atomic E-state index is -0.695. The van der Waals surface area contributed by atoms with Gasteiger partial charge in [-0.15, -0.1) is 0 Å². The molecule has 4 heteroatoms. The fourth-order valence-electron chi connectivity index (χ4n) is 1.32. The molecule has 0 fully saturated rings. The Morgan fingerprint density at radius 2 is 2.27 bits per heavy atom. The molecule has 0 aliphatic rings. The van der Waals surface area contributed by atoms with Crippen LogP contribution in [0.15, 0.2) is 12.1 Å². The van der Waals surface area contributed by atoms with Crippen molar-refractivity contribution in [3.05, 3.63) is 28.8 Å². The summed E-state index contributed by atoms with van der Waals surface area (Å²) in [5.74, 6) is -0.859. The maximum Gasteiger partial charge on any atom is 0.343 e. The summed E-state index contributed by atoms with van der Waals surface area (Å²) in [4.78, 5) is 11.3. The van der Waals surface area contributed by atoms with Crippen LogP contribution in [0.5, 0.6) is 5.75 Å². The highest BCUT2D eigenvalue weighted by molar-refractivity contribution is 5.95. The smallest absolute Gasteiger partial charge is 0.343 e. The molecule has 0 aliphatic heterocycles. The van der Waals surface area contributed by atoms with Crippen LogP contribution in [0.3, 0.4) is 0 Å². The van der Waals surface area contributed by atoms with Gasteiger partial charge in [0.15, 0.2) is 0 Å². The highest BCUT2D eigenvalue weighted by atomic mass is 16.5. The van der Waals surface area contributed by atoms with E-state index in [1.807, 2.05) is 13.0 Å². The van der Waals surface area contributed by atoms with E-state index in [4.69, 9.17) is 5.26 Å². The Bertz CT molecular complexity index is 432. The van der Waals surface area contributed by atoms with E-state index in [-0.39, 0.29) is 16.9 Å². The Balaban J connectivity index is 3.44. The summed E-state index contributed by atoms with van der Waals surface area (Å²) < 4.78 is 4.51. The highest BCUT2D eigenvalue weighted by Crippen LogP contribution is 2.26. The Hall–Kier alpha value is -2.02. The van der Waals surface area contributed by atoms with Crippen molar-refractivity contribution in [2.45, 2.75) is 13.3 Å². The number of carbonyl (C=O) groups excluding carboxylic acids is 1. The van der Waals surface area contributed by atoms with E-state index >= 15 is 0 Å². The highest BCUT2D eigenvalue weighted by Gasteiger charge is 2.19. The topological polar surface area (TPSA) is 70.3 Å². The minimum absolute atomic E-state index is 0.0562. The molecule has 1 aromatic carbocycles. The third kappa shape index (κ3) is 1.91. The Morgan fingerprint density at radius 3 is 2.73 bits per heavy atom. The summed E-state index contributed by atoms with van der Waals surface area (Å²) in [6.07, 6.45) is 0.585. The number of rotatable bonds is 2. The first kappa shape index (κ1) is 11.1. The number of methoxy groups -OCH3 is 1. The van der Waals surface area contributed by atoms with Crippen molar-refractivity contribution in [2.75, 3.05) is 7.11 Å². The molecular weight excluding hydrogens is 194 g/mol. The SMILES string of the molecule is CCc1ccc(C#N)c(C(=O)OC)c1O. The second-order valence-corrected chi connectivity index (χ2v) is 2.95. The zero-order valence-electron chi connectivity index (χ0n) is 8.57. The zero-order chi connectivity index (χ0) is 11.4. The maximum atomic E-state index is 11.3. The number of nitriles is 1. The predicted molar refractivity (Wildman–Crippen MR) is 53.5 cm³/mol. The van der Waals surface area contributed by atoms with Gasteiger partial charge in [0, 0.05) is 0 Å². The molecule has 4 nitrogen and oxygen atoms in total. The van der Waals surface area contributed by atoms with Crippen LogP contribution < -0.4 is 0 Å². The number of carbonyl (C=O) groups is 1. The van der Waals surface area contributed by atoms with E-state index in [9.17, 15) is 9.90 Å². The van der Waals surface area contributed by atoms with Gasteiger partial charge in [-0.2, -0.15) is 5.26 Å². The molecule has 0 aromatic heterocycles. The number of esters is 1. The third-order valence-electron chi connectivity index (χ3n) is 2.15. The molecule has 78 valence electrons. The van der Waals surface area contributed by atoms with Gasteiger partial charge in [0.2, 0.25) is 0 Å². The number of phenols is 1. The molecule has 0 aliphatic carbocycles. The van der Waals surface area contributed by atoms with Gasteiger partial charge in [0.25, 0.3) is 0 Å². The van der Waals surface area contributed by atoms with E-state index in [0.717, 1.165) is 0 Å². The van der Waals surface area contributed by atoms with E-state index in [2.05, 4.69) is 4.74 Å². The van der Waals surface area contributed by atoms with Crippen LogP contribution in [-0.2, 0) is 11.2 Å². The fourth-order valence-corrected chi connectivity index (χ4v) is 1.32. The van der Waals surface area contributed by atoms with Gasteiger partial charge in [-0.05, 0) is 18.1 Å². The number of hydrogen-bond donors (Lipinski definition) is 1. The van der Waals surface area contributed by atoms with Crippen molar-refractivity contribution >= 4 is 5.97 Å². The van der Waals surface area contributed by atoms with Crippen molar-refractivity contribution in [1.82, 2.24) is 0 Å². The van der Waals surface area contributed by atoms with Crippen LogP contribution in [0.1, 0.15) is 28.4 Å². The first-order chi connectivity index (χ1) is 7.15. The van der Waals surface area contributed by atoms with Crippen molar-refractivity contribution < 1.29 is 14.6 Å². The number of hydrogen-bond acceptors (Lipinski definition) is 4. The normalized spacial score (nSPS) is 9.40. The molecule has 0 unspecified atom stereocenters. The van der Waals surface area contributed by atoms with Crippen molar-refractivity contribution in [3.63, 3.8) is 0 Å². The Kier molecular flexibility index (Phi) is 3.29. The van der Waals surface area contributed by atoms with Gasteiger partial charge < -0.3 is 9.84 Å². The molecule has 15 heavy (non-hydrogen) atoms. The first-order valence-corrected chi connectivity index (χ1v) is 4.49. The zero-order valence-corrected chi connectivity index (χ0v) is 8.57. The van der Waals surface area contributed by atoms with Gasteiger partial charge in [0.1, 0.15) is 17.4 Å². The van der Waals surface area contributed by atoms with Gasteiger partial charge in [-0.25, -0.2) is 4.79 Å². The van der Waals surface area contributed by atoms with E-state index in [0.29, 0.717) is 12.0 Å². The summed E-state index contributed by atoms with van der Waals surface area (Å²) in [5.41, 5.74) is 0.685. The number of aryl methyl sites for hydroxylation is 1. The monoisotopic (exact) mass is 205 g/mol. The lowest BCUT2D eigenvalue weighted by Crippen LogP contribution is -2.06. The van der Waals surface area contributed by atoms with Gasteiger partial charge in [-0.3, -0.25) is 0 Å². The van der Waals surface area contributed by atoms with Gasteiger partial charge in [-0.1, -0.05) is 13.0 Å². The molecule has 1 aromatic rings. The quantitative estimate of drug-likeness (QED) is 0.744. The summed E-state index contributed by atoms with van der Waals surface area (Å²) >= 11 is 0. The second kappa shape index (κ2) is 4.47. The largest absolute Gasteiger partial charge is 0.507 e. The predicted octanol–water partition coefficient (Wildman–Crippen LogP) is 1.61. The standard InChI is InChI=1S/C11H11NO3/c1-3-7-4-5-8(6-12)9(10(7)13)11(14)15-2/h4-5,13H,3H2,1-2H3. The summed E-state index contributed by atoms with van der Waals surface area (Å²) in [5, 5.41) is 18.5. The lowest BCUT2D eigenvalue weighted by molar-refractivity contribution is 0.0597. The van der Waals surface area contributed by atoms with E-state index < -0.39 is 5.97 Å². The molecule has 0 saturated heterocycles. The molecule has 0 saturated carbocycles. The number of nitrogens with zero attached hydrogens (tertiary/aromatic N) is 1. The van der Waals surface area contributed by atoms with Crippen LogP contribution in [0.4, 0.5) is 0 Å². The van der Waals surface area contributed by atoms with Gasteiger partial charge >= 0.3 is 5.97 Å². The second-order valence-electron chi connectivity index (χ2n) is 2.95. The molecule has 0 radical (unpaired) electrons. The summed E-state index contributed by atoms with van der Waals surface area (Å²) in [7, 11) is 1.21. The van der Waals surface area contributed by atoms with Crippen LogP contribution in [-0.4, -0.2) is 18.2 Å². The average molecular weight is 205 g/mol. The number of phenolic OH excluding ortho intramolecular Hbond substituents is 1. The molecule has 0 heterocycles. The first-order valence-electron chi connectivity index (χ1n) is 4.49. The molecule has 1 rings (SSSR count).